The summed E-state index contributed by atoms with van der Waals surface area (Å²) in [4.78, 5) is 4.37. The molecule has 2 nitrogen and oxygen atoms in total. The Labute approximate surface area is 108 Å². The van der Waals surface area contributed by atoms with Crippen LogP contribution in [0, 0.1) is 0 Å². The molecule has 1 fully saturated rings. The van der Waals surface area contributed by atoms with E-state index in [9.17, 15) is 0 Å². The number of benzene rings is 1. The van der Waals surface area contributed by atoms with Gasteiger partial charge in [-0.3, -0.25) is 4.98 Å². The van der Waals surface area contributed by atoms with Crippen LogP contribution in [0.1, 0.15) is 48.0 Å². The summed E-state index contributed by atoms with van der Waals surface area (Å²) in [6.07, 6.45) is 5.75. The second kappa shape index (κ2) is 4.91. The van der Waals surface area contributed by atoms with Crippen LogP contribution >= 0.6 is 0 Å². The van der Waals surface area contributed by atoms with Gasteiger partial charge in [-0.05, 0) is 42.0 Å². The summed E-state index contributed by atoms with van der Waals surface area (Å²) in [5, 5.41) is 0. The van der Waals surface area contributed by atoms with Gasteiger partial charge in [0.15, 0.2) is 0 Å². The Balaban J connectivity index is 1.96. The molecule has 0 aliphatic heterocycles. The fraction of sp³-hybridized carbons (Fsp3) is 0.312. The molecule has 0 radical (unpaired) electrons. The Kier molecular flexibility index (Phi) is 3.11. The summed E-state index contributed by atoms with van der Waals surface area (Å²) < 4.78 is 0. The van der Waals surface area contributed by atoms with E-state index >= 15 is 0 Å². The molecular formula is C16H18N2. The summed E-state index contributed by atoms with van der Waals surface area (Å²) >= 11 is 0. The molecule has 0 saturated heterocycles. The summed E-state index contributed by atoms with van der Waals surface area (Å²) in [6.45, 7) is 0. The molecule has 1 aliphatic rings. The molecular weight excluding hydrogens is 220 g/mol. The molecule has 2 N–H and O–H groups in total. The van der Waals surface area contributed by atoms with Gasteiger partial charge in [0.05, 0.1) is 11.7 Å². The van der Waals surface area contributed by atoms with Crippen molar-refractivity contribution < 1.29 is 0 Å². The lowest BCUT2D eigenvalue weighted by Crippen LogP contribution is -2.19. The average molecular weight is 238 g/mol. The Morgan fingerprint density at radius 3 is 2.50 bits per heavy atom. The van der Waals surface area contributed by atoms with E-state index in [1.165, 1.54) is 30.4 Å². The van der Waals surface area contributed by atoms with Gasteiger partial charge in [-0.15, -0.1) is 0 Å². The molecule has 1 heterocycles. The van der Waals surface area contributed by atoms with Crippen LogP contribution in [-0.2, 0) is 0 Å². The predicted molar refractivity (Wildman–Crippen MR) is 73.3 cm³/mol. The highest BCUT2D eigenvalue weighted by Gasteiger charge is 2.24. The standard InChI is InChI=1S/C16H18N2/c17-16(15-10-3-4-11-18-15)14-9-2-1-8-13(14)12-6-5-7-12/h1-4,8-12,16H,5-7,17H2. The third kappa shape index (κ3) is 2.04. The highest BCUT2D eigenvalue weighted by Crippen LogP contribution is 2.39. The van der Waals surface area contributed by atoms with Gasteiger partial charge in [0.2, 0.25) is 0 Å². The van der Waals surface area contributed by atoms with Crippen molar-refractivity contribution in [2.75, 3.05) is 0 Å². The van der Waals surface area contributed by atoms with Gasteiger partial charge in [-0.1, -0.05) is 36.8 Å². The van der Waals surface area contributed by atoms with Crippen molar-refractivity contribution in [2.24, 2.45) is 5.73 Å². The summed E-state index contributed by atoms with van der Waals surface area (Å²) in [5.41, 5.74) is 9.97. The van der Waals surface area contributed by atoms with Crippen molar-refractivity contribution >= 4 is 0 Å². The van der Waals surface area contributed by atoms with Crippen LogP contribution in [-0.4, -0.2) is 4.98 Å². The lowest BCUT2D eigenvalue weighted by Gasteiger charge is -2.29. The van der Waals surface area contributed by atoms with Crippen molar-refractivity contribution in [2.45, 2.75) is 31.2 Å². The molecule has 1 aromatic carbocycles. The van der Waals surface area contributed by atoms with E-state index in [4.69, 9.17) is 5.73 Å². The lowest BCUT2D eigenvalue weighted by atomic mass is 9.77. The van der Waals surface area contributed by atoms with Gasteiger partial charge in [0.25, 0.3) is 0 Å². The minimum Gasteiger partial charge on any atom is -0.319 e. The summed E-state index contributed by atoms with van der Waals surface area (Å²) in [5.74, 6) is 0.705. The molecule has 0 amide bonds. The number of pyridine rings is 1. The normalized spacial score (nSPS) is 17.2. The Bertz CT molecular complexity index is 518. The van der Waals surface area contributed by atoms with E-state index in [0.29, 0.717) is 5.92 Å². The largest absolute Gasteiger partial charge is 0.319 e. The molecule has 92 valence electrons. The summed E-state index contributed by atoms with van der Waals surface area (Å²) in [6, 6.07) is 14.4. The van der Waals surface area contributed by atoms with Crippen LogP contribution < -0.4 is 5.73 Å². The predicted octanol–water partition coefficient (Wildman–Crippen LogP) is 3.40. The number of nitrogens with two attached hydrogens (primary N) is 1. The first-order valence-electron chi connectivity index (χ1n) is 6.61. The van der Waals surface area contributed by atoms with E-state index in [1.807, 2.05) is 18.2 Å². The maximum Gasteiger partial charge on any atom is 0.0729 e. The average Bonchev–Trinajstić information content (AvgIpc) is 2.38. The fourth-order valence-electron chi connectivity index (χ4n) is 2.60. The van der Waals surface area contributed by atoms with Gasteiger partial charge in [0, 0.05) is 6.20 Å². The van der Waals surface area contributed by atoms with Crippen LogP contribution in [0.2, 0.25) is 0 Å². The third-order valence-corrected chi connectivity index (χ3v) is 3.88. The van der Waals surface area contributed by atoms with Crippen LogP contribution in [0.15, 0.2) is 48.7 Å². The Morgan fingerprint density at radius 1 is 1.06 bits per heavy atom. The molecule has 2 heteroatoms. The number of nitrogens with zero attached hydrogens (tertiary/aromatic N) is 1. The minimum absolute atomic E-state index is 0.108. The zero-order valence-electron chi connectivity index (χ0n) is 10.4. The van der Waals surface area contributed by atoms with Crippen molar-refractivity contribution in [1.29, 1.82) is 0 Å². The highest BCUT2D eigenvalue weighted by molar-refractivity contribution is 5.37. The Hall–Kier alpha value is -1.67. The van der Waals surface area contributed by atoms with E-state index in [1.54, 1.807) is 6.20 Å². The number of aromatic nitrogens is 1. The molecule has 1 unspecified atom stereocenters. The maximum atomic E-state index is 6.37. The smallest absolute Gasteiger partial charge is 0.0729 e. The van der Waals surface area contributed by atoms with E-state index in [2.05, 4.69) is 29.2 Å². The monoisotopic (exact) mass is 238 g/mol. The van der Waals surface area contributed by atoms with E-state index in [0.717, 1.165) is 5.69 Å². The minimum atomic E-state index is -0.108. The molecule has 18 heavy (non-hydrogen) atoms. The molecule has 2 aromatic rings. The quantitative estimate of drug-likeness (QED) is 0.890. The van der Waals surface area contributed by atoms with Crippen molar-refractivity contribution in [1.82, 2.24) is 4.98 Å². The first-order valence-corrected chi connectivity index (χ1v) is 6.61. The molecule has 1 aliphatic carbocycles. The molecule has 3 rings (SSSR count). The maximum absolute atomic E-state index is 6.37. The van der Waals surface area contributed by atoms with Crippen molar-refractivity contribution in [3.05, 3.63) is 65.5 Å². The number of hydrogen-bond donors (Lipinski definition) is 1. The zero-order chi connectivity index (χ0) is 12.4. The van der Waals surface area contributed by atoms with Crippen LogP contribution in [0.25, 0.3) is 0 Å². The molecule has 1 atom stereocenters. The third-order valence-electron chi connectivity index (χ3n) is 3.88. The van der Waals surface area contributed by atoms with Crippen molar-refractivity contribution in [3.8, 4) is 0 Å². The summed E-state index contributed by atoms with van der Waals surface area (Å²) in [7, 11) is 0. The lowest BCUT2D eigenvalue weighted by molar-refractivity contribution is 0.416. The van der Waals surface area contributed by atoms with Crippen molar-refractivity contribution in [3.63, 3.8) is 0 Å². The van der Waals surface area contributed by atoms with Gasteiger partial charge in [-0.2, -0.15) is 0 Å². The topological polar surface area (TPSA) is 38.9 Å². The fourth-order valence-corrected chi connectivity index (χ4v) is 2.60. The second-order valence-electron chi connectivity index (χ2n) is 4.99. The second-order valence-corrected chi connectivity index (χ2v) is 4.99. The number of rotatable bonds is 3. The first-order chi connectivity index (χ1) is 8.86. The molecule has 0 spiro atoms. The van der Waals surface area contributed by atoms with Crippen LogP contribution in [0.3, 0.4) is 0 Å². The molecule has 1 aromatic heterocycles. The van der Waals surface area contributed by atoms with Gasteiger partial charge in [0.1, 0.15) is 0 Å². The highest BCUT2D eigenvalue weighted by atomic mass is 14.8. The van der Waals surface area contributed by atoms with Crippen LogP contribution in [0.5, 0.6) is 0 Å². The van der Waals surface area contributed by atoms with Gasteiger partial charge < -0.3 is 5.73 Å². The number of hydrogen-bond acceptors (Lipinski definition) is 2. The van der Waals surface area contributed by atoms with E-state index in [-0.39, 0.29) is 6.04 Å². The van der Waals surface area contributed by atoms with Gasteiger partial charge in [-0.25, -0.2) is 0 Å². The Morgan fingerprint density at radius 2 is 1.83 bits per heavy atom. The van der Waals surface area contributed by atoms with E-state index < -0.39 is 0 Å². The SMILES string of the molecule is NC(c1ccccn1)c1ccccc1C1CCC1. The van der Waals surface area contributed by atoms with Gasteiger partial charge >= 0.3 is 0 Å². The first kappa shape index (κ1) is 11.4. The molecule has 0 bridgehead atoms. The molecule has 1 saturated carbocycles. The zero-order valence-corrected chi connectivity index (χ0v) is 10.4. The van der Waals surface area contributed by atoms with Crippen LogP contribution in [0.4, 0.5) is 0 Å².